The molecule has 1 saturated carbocycles. The third-order valence-corrected chi connectivity index (χ3v) is 4.55. The van der Waals surface area contributed by atoms with Crippen LogP contribution in [0.5, 0.6) is 0 Å². The van der Waals surface area contributed by atoms with Gasteiger partial charge in [0.25, 0.3) is 0 Å². The Morgan fingerprint density at radius 1 is 0.941 bits per heavy atom. The lowest BCUT2D eigenvalue weighted by molar-refractivity contribution is 0.261. The maximum Gasteiger partial charge on any atom is 0.0323 e. The minimum Gasteiger partial charge on any atom is -0.307 e. The Morgan fingerprint density at radius 3 is 2.47 bits per heavy atom. The number of fused-ring (bicyclic) bond motifs is 1. The molecule has 17 heavy (non-hydrogen) atoms. The standard InChI is InChI=1S/C16H23N/c1-11-8-12(2)10-14(9-11)16-7-6-13-4-3-5-15(13)17-16/h8-10,13,15-17H,3-7H2,1-2H3. The average molecular weight is 229 g/mol. The van der Waals surface area contributed by atoms with Crippen LogP contribution in [0.4, 0.5) is 0 Å². The Labute approximate surface area is 105 Å². The lowest BCUT2D eigenvalue weighted by Gasteiger charge is -2.34. The smallest absolute Gasteiger partial charge is 0.0323 e. The van der Waals surface area contributed by atoms with Gasteiger partial charge in [0.1, 0.15) is 0 Å². The summed E-state index contributed by atoms with van der Waals surface area (Å²) in [5.74, 6) is 0.970. The molecule has 3 atom stereocenters. The highest BCUT2D eigenvalue weighted by atomic mass is 15.0. The van der Waals surface area contributed by atoms with Gasteiger partial charge in [-0.1, -0.05) is 35.7 Å². The van der Waals surface area contributed by atoms with Gasteiger partial charge in [-0.2, -0.15) is 0 Å². The first-order valence-electron chi connectivity index (χ1n) is 7.06. The highest BCUT2D eigenvalue weighted by Gasteiger charge is 2.33. The molecule has 1 aromatic carbocycles. The second kappa shape index (κ2) is 4.45. The van der Waals surface area contributed by atoms with Crippen LogP contribution < -0.4 is 5.32 Å². The average Bonchev–Trinajstić information content (AvgIpc) is 2.74. The molecule has 1 aromatic rings. The number of rotatable bonds is 1. The molecule has 1 aliphatic heterocycles. The van der Waals surface area contributed by atoms with Gasteiger partial charge in [-0.05, 0) is 51.0 Å². The van der Waals surface area contributed by atoms with E-state index in [-0.39, 0.29) is 0 Å². The van der Waals surface area contributed by atoms with Gasteiger partial charge in [0.15, 0.2) is 0 Å². The van der Waals surface area contributed by atoms with Gasteiger partial charge in [-0.25, -0.2) is 0 Å². The van der Waals surface area contributed by atoms with Crippen molar-refractivity contribution in [1.29, 1.82) is 0 Å². The van der Waals surface area contributed by atoms with E-state index in [4.69, 9.17) is 0 Å². The molecule has 2 aliphatic rings. The molecule has 0 amide bonds. The molecule has 1 heterocycles. The molecule has 0 aromatic heterocycles. The molecule has 92 valence electrons. The van der Waals surface area contributed by atoms with Crippen LogP contribution in [-0.2, 0) is 0 Å². The van der Waals surface area contributed by atoms with E-state index in [1.165, 1.54) is 48.8 Å². The van der Waals surface area contributed by atoms with Crippen molar-refractivity contribution in [3.8, 4) is 0 Å². The van der Waals surface area contributed by atoms with E-state index in [1.54, 1.807) is 0 Å². The quantitative estimate of drug-likeness (QED) is 0.770. The fraction of sp³-hybridized carbons (Fsp3) is 0.625. The van der Waals surface area contributed by atoms with Gasteiger partial charge < -0.3 is 5.32 Å². The summed E-state index contributed by atoms with van der Waals surface area (Å²) in [6.45, 7) is 4.41. The molecule has 3 rings (SSSR count). The summed E-state index contributed by atoms with van der Waals surface area (Å²) in [5.41, 5.74) is 4.30. The second-order valence-electron chi connectivity index (χ2n) is 6.02. The molecule has 2 fully saturated rings. The Bertz CT molecular complexity index is 390. The van der Waals surface area contributed by atoms with E-state index < -0.39 is 0 Å². The predicted octanol–water partition coefficient (Wildman–Crippen LogP) is 3.90. The SMILES string of the molecule is Cc1cc(C)cc(C2CCC3CCCC3N2)c1. The lowest BCUT2D eigenvalue weighted by atomic mass is 9.86. The molecule has 3 unspecified atom stereocenters. The predicted molar refractivity (Wildman–Crippen MR) is 72.2 cm³/mol. The summed E-state index contributed by atoms with van der Waals surface area (Å²) < 4.78 is 0. The highest BCUT2D eigenvalue weighted by Crippen LogP contribution is 2.38. The van der Waals surface area contributed by atoms with Crippen LogP contribution in [0.25, 0.3) is 0 Å². The van der Waals surface area contributed by atoms with Gasteiger partial charge in [0, 0.05) is 12.1 Å². The van der Waals surface area contributed by atoms with Crippen LogP contribution in [0.15, 0.2) is 18.2 Å². The zero-order valence-electron chi connectivity index (χ0n) is 11.0. The van der Waals surface area contributed by atoms with Crippen molar-refractivity contribution in [1.82, 2.24) is 5.32 Å². The normalized spacial score (nSPS) is 32.5. The summed E-state index contributed by atoms with van der Waals surface area (Å²) >= 11 is 0. The minimum absolute atomic E-state index is 0.605. The van der Waals surface area contributed by atoms with Gasteiger partial charge in [-0.3, -0.25) is 0 Å². The maximum atomic E-state index is 3.89. The number of hydrogen-bond donors (Lipinski definition) is 1. The number of piperidine rings is 1. The zero-order chi connectivity index (χ0) is 11.8. The molecule has 1 heteroatoms. The van der Waals surface area contributed by atoms with E-state index in [1.807, 2.05) is 0 Å². The molecule has 0 bridgehead atoms. The molecule has 0 spiro atoms. The topological polar surface area (TPSA) is 12.0 Å². The third-order valence-electron chi connectivity index (χ3n) is 4.55. The van der Waals surface area contributed by atoms with Crippen LogP contribution in [0, 0.1) is 19.8 Å². The molecule has 1 nitrogen and oxygen atoms in total. The van der Waals surface area contributed by atoms with Gasteiger partial charge >= 0.3 is 0 Å². The van der Waals surface area contributed by atoms with E-state index in [9.17, 15) is 0 Å². The van der Waals surface area contributed by atoms with Crippen LogP contribution in [0.2, 0.25) is 0 Å². The summed E-state index contributed by atoms with van der Waals surface area (Å²) in [7, 11) is 0. The van der Waals surface area contributed by atoms with Crippen molar-refractivity contribution in [2.24, 2.45) is 5.92 Å². The van der Waals surface area contributed by atoms with E-state index in [0.29, 0.717) is 6.04 Å². The molecular formula is C16H23N. The van der Waals surface area contributed by atoms with Crippen molar-refractivity contribution in [2.45, 2.75) is 58.0 Å². The van der Waals surface area contributed by atoms with E-state index in [2.05, 4.69) is 37.4 Å². The van der Waals surface area contributed by atoms with E-state index in [0.717, 1.165) is 12.0 Å². The van der Waals surface area contributed by atoms with Crippen molar-refractivity contribution >= 4 is 0 Å². The number of nitrogens with one attached hydrogen (secondary N) is 1. The number of hydrogen-bond acceptors (Lipinski definition) is 1. The molecular weight excluding hydrogens is 206 g/mol. The van der Waals surface area contributed by atoms with Gasteiger partial charge in [0.2, 0.25) is 0 Å². The molecule has 0 radical (unpaired) electrons. The fourth-order valence-electron chi connectivity index (χ4n) is 3.80. The van der Waals surface area contributed by atoms with Crippen molar-refractivity contribution in [3.63, 3.8) is 0 Å². The molecule has 1 saturated heterocycles. The summed E-state index contributed by atoms with van der Waals surface area (Å²) in [4.78, 5) is 0. The molecule has 1 aliphatic carbocycles. The first kappa shape index (κ1) is 11.3. The van der Waals surface area contributed by atoms with E-state index >= 15 is 0 Å². The maximum absolute atomic E-state index is 3.89. The van der Waals surface area contributed by atoms with Gasteiger partial charge in [-0.15, -0.1) is 0 Å². The first-order valence-corrected chi connectivity index (χ1v) is 7.06. The monoisotopic (exact) mass is 229 g/mol. The van der Waals surface area contributed by atoms with Crippen molar-refractivity contribution in [3.05, 3.63) is 34.9 Å². The Hall–Kier alpha value is -0.820. The highest BCUT2D eigenvalue weighted by molar-refractivity contribution is 5.31. The summed E-state index contributed by atoms with van der Waals surface area (Å²) in [6.07, 6.45) is 7.03. The largest absolute Gasteiger partial charge is 0.307 e. The summed E-state index contributed by atoms with van der Waals surface area (Å²) in [6, 6.07) is 8.40. The summed E-state index contributed by atoms with van der Waals surface area (Å²) in [5, 5.41) is 3.89. The Kier molecular flexibility index (Phi) is 2.96. The van der Waals surface area contributed by atoms with Crippen LogP contribution in [0.1, 0.15) is 54.8 Å². The van der Waals surface area contributed by atoms with Crippen LogP contribution in [-0.4, -0.2) is 6.04 Å². The van der Waals surface area contributed by atoms with Crippen molar-refractivity contribution < 1.29 is 0 Å². The number of aryl methyl sites for hydroxylation is 2. The second-order valence-corrected chi connectivity index (χ2v) is 6.02. The Balaban J connectivity index is 1.80. The number of benzene rings is 1. The Morgan fingerprint density at radius 2 is 1.71 bits per heavy atom. The van der Waals surface area contributed by atoms with Crippen LogP contribution >= 0.6 is 0 Å². The third kappa shape index (κ3) is 2.26. The minimum atomic E-state index is 0.605. The zero-order valence-corrected chi connectivity index (χ0v) is 11.0. The van der Waals surface area contributed by atoms with Gasteiger partial charge in [0.05, 0.1) is 0 Å². The first-order chi connectivity index (χ1) is 8.22. The molecule has 1 N–H and O–H groups in total. The van der Waals surface area contributed by atoms with Crippen LogP contribution in [0.3, 0.4) is 0 Å². The fourth-order valence-corrected chi connectivity index (χ4v) is 3.80. The van der Waals surface area contributed by atoms with Crippen molar-refractivity contribution in [2.75, 3.05) is 0 Å². The lowest BCUT2D eigenvalue weighted by Crippen LogP contribution is -2.40.